The number of halogens is 2. The summed E-state index contributed by atoms with van der Waals surface area (Å²) in [5, 5.41) is 3.41. The van der Waals surface area contributed by atoms with Gasteiger partial charge in [-0.05, 0) is 30.5 Å². The molecule has 0 aromatic heterocycles. The van der Waals surface area contributed by atoms with E-state index in [-0.39, 0.29) is 24.8 Å². The number of rotatable bonds is 4. The lowest BCUT2D eigenvalue weighted by molar-refractivity contribution is 0.169. The highest BCUT2D eigenvalue weighted by Crippen LogP contribution is 2.28. The van der Waals surface area contributed by atoms with E-state index in [1.807, 2.05) is 0 Å². The Hall–Kier alpha value is -0.480. The third-order valence-electron chi connectivity index (χ3n) is 3.78. The van der Waals surface area contributed by atoms with Crippen LogP contribution in [-0.4, -0.2) is 38.2 Å². The van der Waals surface area contributed by atoms with Gasteiger partial charge in [-0.25, -0.2) is 0 Å². The molecular weight excluding hydrogens is 295 g/mol. The van der Waals surface area contributed by atoms with Crippen LogP contribution in [0.3, 0.4) is 0 Å². The van der Waals surface area contributed by atoms with E-state index in [0.717, 1.165) is 38.3 Å². The van der Waals surface area contributed by atoms with Crippen LogP contribution in [-0.2, 0) is 0 Å². The first-order chi connectivity index (χ1) is 8.76. The van der Waals surface area contributed by atoms with E-state index < -0.39 is 0 Å². The smallest absolute Gasteiger partial charge is 0.121 e. The third-order valence-corrected chi connectivity index (χ3v) is 3.78. The topological polar surface area (TPSA) is 24.5 Å². The summed E-state index contributed by atoms with van der Waals surface area (Å²) in [4.78, 5) is 2.58. The molecule has 1 saturated heterocycles. The van der Waals surface area contributed by atoms with Crippen molar-refractivity contribution in [2.24, 2.45) is 0 Å². The molecule has 1 N–H and O–H groups in total. The largest absolute Gasteiger partial charge is 0.496 e. The van der Waals surface area contributed by atoms with Crippen LogP contribution in [0, 0.1) is 6.92 Å². The van der Waals surface area contributed by atoms with E-state index in [2.05, 4.69) is 42.3 Å². The zero-order valence-electron chi connectivity index (χ0n) is 12.5. The van der Waals surface area contributed by atoms with Crippen LogP contribution in [0.4, 0.5) is 0 Å². The summed E-state index contributed by atoms with van der Waals surface area (Å²) in [5.74, 6) is 0.980. The SMILES string of the molecule is CC[C@@H](c1ccc(OC)c(C)c1)N1CCNCC1.Cl.Cl. The first kappa shape index (κ1) is 19.5. The van der Waals surface area contributed by atoms with Crippen molar-refractivity contribution in [1.29, 1.82) is 0 Å². The summed E-state index contributed by atoms with van der Waals surface area (Å²) in [6.45, 7) is 8.88. The monoisotopic (exact) mass is 320 g/mol. The molecule has 0 spiro atoms. The van der Waals surface area contributed by atoms with E-state index in [9.17, 15) is 0 Å². The third kappa shape index (κ3) is 4.52. The van der Waals surface area contributed by atoms with Gasteiger partial charge in [-0.1, -0.05) is 19.1 Å². The Morgan fingerprint density at radius 1 is 1.25 bits per heavy atom. The standard InChI is InChI=1S/C15H24N2O.2ClH/c1-4-14(17-9-7-16-8-10-17)13-5-6-15(18-3)12(2)11-13;;/h5-6,11,14,16H,4,7-10H2,1-3H3;2*1H/t14-;;/m0../s1. The molecule has 2 rings (SSSR count). The van der Waals surface area contributed by atoms with Gasteiger partial charge in [0.15, 0.2) is 0 Å². The quantitative estimate of drug-likeness (QED) is 0.922. The second kappa shape index (κ2) is 9.46. The van der Waals surface area contributed by atoms with Crippen molar-refractivity contribution in [2.75, 3.05) is 33.3 Å². The molecule has 1 aromatic carbocycles. The van der Waals surface area contributed by atoms with Gasteiger partial charge >= 0.3 is 0 Å². The highest BCUT2D eigenvalue weighted by atomic mass is 35.5. The Balaban J connectivity index is 0.00000180. The minimum atomic E-state index is 0. The van der Waals surface area contributed by atoms with Crippen LogP contribution >= 0.6 is 24.8 Å². The lowest BCUT2D eigenvalue weighted by atomic mass is 9.99. The van der Waals surface area contributed by atoms with Gasteiger partial charge < -0.3 is 10.1 Å². The van der Waals surface area contributed by atoms with Gasteiger partial charge in [-0.15, -0.1) is 24.8 Å². The highest BCUT2D eigenvalue weighted by molar-refractivity contribution is 5.85. The predicted octanol–water partition coefficient (Wildman–Crippen LogP) is 3.20. The second-order valence-corrected chi connectivity index (χ2v) is 4.94. The highest BCUT2D eigenvalue weighted by Gasteiger charge is 2.20. The maximum absolute atomic E-state index is 5.34. The number of nitrogens with zero attached hydrogens (tertiary/aromatic N) is 1. The normalized spacial score (nSPS) is 16.8. The fourth-order valence-corrected chi connectivity index (χ4v) is 2.81. The van der Waals surface area contributed by atoms with Gasteiger partial charge in [0.2, 0.25) is 0 Å². The van der Waals surface area contributed by atoms with Crippen LogP contribution in [0.2, 0.25) is 0 Å². The number of methoxy groups -OCH3 is 1. The maximum atomic E-state index is 5.34. The molecule has 20 heavy (non-hydrogen) atoms. The fraction of sp³-hybridized carbons (Fsp3) is 0.600. The molecule has 3 nitrogen and oxygen atoms in total. The molecule has 5 heteroatoms. The minimum absolute atomic E-state index is 0. The van der Waals surface area contributed by atoms with Crippen LogP contribution in [0.5, 0.6) is 5.75 Å². The van der Waals surface area contributed by atoms with Crippen molar-refractivity contribution < 1.29 is 4.74 Å². The second-order valence-electron chi connectivity index (χ2n) is 4.94. The molecular formula is C15H26Cl2N2O. The molecule has 116 valence electrons. The van der Waals surface area contributed by atoms with E-state index in [1.165, 1.54) is 11.1 Å². The van der Waals surface area contributed by atoms with Gasteiger partial charge in [-0.2, -0.15) is 0 Å². The number of benzene rings is 1. The molecule has 0 aliphatic carbocycles. The lowest BCUT2D eigenvalue weighted by Gasteiger charge is -2.35. The zero-order valence-corrected chi connectivity index (χ0v) is 14.1. The number of ether oxygens (including phenoxy) is 1. The van der Waals surface area contributed by atoms with E-state index in [0.29, 0.717) is 6.04 Å². The van der Waals surface area contributed by atoms with Crippen molar-refractivity contribution in [3.05, 3.63) is 29.3 Å². The van der Waals surface area contributed by atoms with Crippen LogP contribution in [0.1, 0.15) is 30.5 Å². The molecule has 0 radical (unpaired) electrons. The molecule has 1 aliphatic heterocycles. The molecule has 1 aromatic rings. The van der Waals surface area contributed by atoms with Crippen molar-refractivity contribution in [3.63, 3.8) is 0 Å². The van der Waals surface area contributed by atoms with Crippen molar-refractivity contribution >= 4 is 24.8 Å². The van der Waals surface area contributed by atoms with E-state index in [4.69, 9.17) is 4.74 Å². The Labute approximate surface area is 134 Å². The molecule has 0 unspecified atom stereocenters. The van der Waals surface area contributed by atoms with E-state index >= 15 is 0 Å². The Morgan fingerprint density at radius 2 is 1.90 bits per heavy atom. The van der Waals surface area contributed by atoms with Gasteiger partial charge in [0.1, 0.15) is 5.75 Å². The fourth-order valence-electron chi connectivity index (χ4n) is 2.81. The predicted molar refractivity (Wildman–Crippen MR) is 89.7 cm³/mol. The van der Waals surface area contributed by atoms with Gasteiger partial charge in [0.05, 0.1) is 7.11 Å². The Kier molecular flexibility index (Phi) is 9.23. The maximum Gasteiger partial charge on any atom is 0.121 e. The lowest BCUT2D eigenvalue weighted by Crippen LogP contribution is -2.45. The molecule has 0 saturated carbocycles. The Morgan fingerprint density at radius 3 is 2.40 bits per heavy atom. The average Bonchev–Trinajstić information content (AvgIpc) is 2.41. The van der Waals surface area contributed by atoms with Crippen molar-refractivity contribution in [3.8, 4) is 5.75 Å². The van der Waals surface area contributed by atoms with Gasteiger partial charge in [0.25, 0.3) is 0 Å². The van der Waals surface area contributed by atoms with Gasteiger partial charge in [-0.3, -0.25) is 4.90 Å². The first-order valence-electron chi connectivity index (χ1n) is 6.85. The molecule has 0 amide bonds. The summed E-state index contributed by atoms with van der Waals surface area (Å²) >= 11 is 0. The molecule has 1 heterocycles. The zero-order chi connectivity index (χ0) is 13.0. The number of hydrogen-bond acceptors (Lipinski definition) is 3. The van der Waals surface area contributed by atoms with Crippen LogP contribution in [0.15, 0.2) is 18.2 Å². The van der Waals surface area contributed by atoms with Crippen molar-refractivity contribution in [1.82, 2.24) is 10.2 Å². The van der Waals surface area contributed by atoms with E-state index in [1.54, 1.807) is 7.11 Å². The Bertz CT molecular complexity index is 395. The first-order valence-corrected chi connectivity index (χ1v) is 6.85. The summed E-state index contributed by atoms with van der Waals surface area (Å²) in [6, 6.07) is 7.11. The summed E-state index contributed by atoms with van der Waals surface area (Å²) in [7, 11) is 1.73. The molecule has 1 fully saturated rings. The summed E-state index contributed by atoms with van der Waals surface area (Å²) in [6.07, 6.45) is 1.16. The van der Waals surface area contributed by atoms with Crippen molar-refractivity contribution in [2.45, 2.75) is 26.3 Å². The average molecular weight is 321 g/mol. The summed E-state index contributed by atoms with van der Waals surface area (Å²) < 4.78 is 5.34. The number of hydrogen-bond donors (Lipinski definition) is 1. The molecule has 1 aliphatic rings. The molecule has 1 atom stereocenters. The van der Waals surface area contributed by atoms with Gasteiger partial charge in [0, 0.05) is 32.2 Å². The van der Waals surface area contributed by atoms with Crippen LogP contribution in [0.25, 0.3) is 0 Å². The molecule has 0 bridgehead atoms. The minimum Gasteiger partial charge on any atom is -0.496 e. The number of nitrogens with one attached hydrogen (secondary N) is 1. The number of piperazine rings is 1. The number of aryl methyl sites for hydroxylation is 1. The van der Waals surface area contributed by atoms with Crippen LogP contribution < -0.4 is 10.1 Å². The summed E-state index contributed by atoms with van der Waals surface area (Å²) in [5.41, 5.74) is 2.64.